The summed E-state index contributed by atoms with van der Waals surface area (Å²) in [5.74, 6) is 2.68. The van der Waals surface area contributed by atoms with Crippen LogP contribution in [0.4, 0.5) is 0 Å². The molecule has 1 heterocycles. The molecule has 2 saturated carbocycles. The van der Waals surface area contributed by atoms with Crippen LogP contribution in [0.1, 0.15) is 26.7 Å². The predicted molar refractivity (Wildman–Crippen MR) is 63.8 cm³/mol. The molecule has 0 radical (unpaired) electrons. The number of carbonyl (C=O) groups is 1. The highest BCUT2D eigenvalue weighted by Crippen LogP contribution is 2.70. The van der Waals surface area contributed by atoms with Crippen LogP contribution in [0.2, 0.25) is 0 Å². The largest absolute Gasteiger partial charge is 0.423 e. The van der Waals surface area contributed by atoms with Crippen molar-refractivity contribution in [1.29, 1.82) is 0 Å². The van der Waals surface area contributed by atoms with Gasteiger partial charge in [0.05, 0.1) is 0 Å². The van der Waals surface area contributed by atoms with Crippen LogP contribution in [0.3, 0.4) is 0 Å². The lowest BCUT2D eigenvalue weighted by Crippen LogP contribution is -2.29. The Morgan fingerprint density at radius 1 is 1.53 bits per heavy atom. The Hall–Kier alpha value is -1.31. The summed E-state index contributed by atoms with van der Waals surface area (Å²) in [5, 5.41) is 0. The Labute approximate surface area is 101 Å². The molecule has 4 rings (SSSR count). The van der Waals surface area contributed by atoms with E-state index in [4.69, 9.17) is 4.74 Å². The zero-order chi connectivity index (χ0) is 11.9. The zero-order valence-electron chi connectivity index (χ0n) is 10.2. The van der Waals surface area contributed by atoms with Crippen LogP contribution in [0.5, 0.6) is 0 Å². The van der Waals surface area contributed by atoms with Crippen molar-refractivity contribution in [3.8, 4) is 0 Å². The van der Waals surface area contributed by atoms with Gasteiger partial charge in [-0.3, -0.25) is 0 Å². The van der Waals surface area contributed by atoms with E-state index in [1.165, 1.54) is 12.0 Å². The van der Waals surface area contributed by atoms with Crippen molar-refractivity contribution in [2.75, 3.05) is 0 Å². The van der Waals surface area contributed by atoms with Crippen LogP contribution >= 0.6 is 0 Å². The topological polar surface area (TPSA) is 26.3 Å². The lowest BCUT2D eigenvalue weighted by molar-refractivity contribution is -0.133. The maximum Gasteiger partial charge on any atom is 0.339 e. The average molecular weight is 228 g/mol. The minimum Gasteiger partial charge on any atom is -0.423 e. The molecule has 4 aliphatic rings. The minimum atomic E-state index is -0.159. The maximum atomic E-state index is 11.6. The van der Waals surface area contributed by atoms with Gasteiger partial charge in [-0.25, -0.2) is 4.79 Å². The molecule has 0 aromatic rings. The molecule has 0 aromatic carbocycles. The number of allylic oxidation sites excluding steroid dienone is 3. The highest BCUT2D eigenvalue weighted by molar-refractivity contribution is 5.94. The van der Waals surface area contributed by atoms with Gasteiger partial charge in [0.2, 0.25) is 0 Å². The fourth-order valence-electron chi connectivity index (χ4n) is 4.17. The van der Waals surface area contributed by atoms with Crippen LogP contribution in [0.15, 0.2) is 35.1 Å². The van der Waals surface area contributed by atoms with Crippen LogP contribution in [0, 0.1) is 23.2 Å². The Morgan fingerprint density at radius 2 is 2.29 bits per heavy atom. The maximum absolute atomic E-state index is 11.6. The molecule has 2 fully saturated rings. The molecular formula is C15H16O2. The third kappa shape index (κ3) is 0.958. The van der Waals surface area contributed by atoms with Crippen molar-refractivity contribution < 1.29 is 9.53 Å². The quantitative estimate of drug-likeness (QED) is 0.470. The summed E-state index contributed by atoms with van der Waals surface area (Å²) in [7, 11) is 0. The van der Waals surface area contributed by atoms with E-state index < -0.39 is 0 Å². The summed E-state index contributed by atoms with van der Waals surface area (Å²) < 4.78 is 5.37. The van der Waals surface area contributed by atoms with Crippen LogP contribution < -0.4 is 0 Å². The van der Waals surface area contributed by atoms with E-state index in [9.17, 15) is 4.79 Å². The first-order valence-electron chi connectivity index (χ1n) is 6.36. The number of hydrogen-bond acceptors (Lipinski definition) is 2. The van der Waals surface area contributed by atoms with Gasteiger partial charge >= 0.3 is 5.97 Å². The summed E-state index contributed by atoms with van der Waals surface area (Å²) in [6, 6.07) is 0. The summed E-state index contributed by atoms with van der Waals surface area (Å²) in [6.07, 6.45) is 4.45. The van der Waals surface area contributed by atoms with E-state index in [1.54, 1.807) is 0 Å². The van der Waals surface area contributed by atoms with E-state index in [-0.39, 0.29) is 11.4 Å². The molecular weight excluding hydrogens is 212 g/mol. The molecule has 1 aliphatic heterocycles. The fraction of sp³-hybridized carbons (Fsp3) is 0.533. The van der Waals surface area contributed by atoms with Gasteiger partial charge in [0.1, 0.15) is 5.76 Å². The number of fused-ring (bicyclic) bond motifs is 4. The van der Waals surface area contributed by atoms with E-state index in [1.807, 2.05) is 6.92 Å². The Morgan fingerprint density at radius 3 is 3.06 bits per heavy atom. The Balaban J connectivity index is 1.88. The average Bonchev–Trinajstić information content (AvgIpc) is 2.99. The fourth-order valence-corrected chi connectivity index (χ4v) is 4.17. The van der Waals surface area contributed by atoms with Crippen molar-refractivity contribution in [3.63, 3.8) is 0 Å². The van der Waals surface area contributed by atoms with Gasteiger partial charge in [0, 0.05) is 11.1 Å². The van der Waals surface area contributed by atoms with Gasteiger partial charge in [-0.1, -0.05) is 19.1 Å². The second-order valence-corrected chi connectivity index (χ2v) is 6.15. The van der Waals surface area contributed by atoms with Gasteiger partial charge in [-0.2, -0.15) is 0 Å². The SMILES string of the molecule is C=C1C2CC2C2(C)C=C3OC(=O)C(C)=C3CC12. The minimum absolute atomic E-state index is 0.159. The van der Waals surface area contributed by atoms with E-state index in [2.05, 4.69) is 19.6 Å². The molecule has 4 atom stereocenters. The number of carbonyl (C=O) groups excluding carboxylic acids is 1. The molecule has 2 heteroatoms. The molecule has 88 valence electrons. The summed E-state index contributed by atoms with van der Waals surface area (Å²) in [6.45, 7) is 8.47. The third-order valence-corrected chi connectivity index (χ3v) is 5.37. The molecule has 3 aliphatic carbocycles. The van der Waals surface area contributed by atoms with Gasteiger partial charge in [0.25, 0.3) is 0 Å². The molecule has 0 bridgehead atoms. The standard InChI is InChI=1S/C15H16O2/c1-7-9-4-12(9)15(3)6-13-10(5-11(7)15)8(2)14(16)17-13/h6,9,11-12H,1,4-5H2,2-3H3. The molecule has 2 nitrogen and oxygen atoms in total. The number of ether oxygens (including phenoxy) is 1. The summed E-state index contributed by atoms with van der Waals surface area (Å²) in [5.41, 5.74) is 3.52. The number of esters is 1. The molecule has 0 amide bonds. The van der Waals surface area contributed by atoms with E-state index >= 15 is 0 Å². The highest BCUT2D eigenvalue weighted by atomic mass is 16.5. The Kier molecular flexibility index (Phi) is 1.47. The first-order chi connectivity index (χ1) is 8.02. The zero-order valence-corrected chi connectivity index (χ0v) is 10.2. The number of rotatable bonds is 0. The van der Waals surface area contributed by atoms with Crippen molar-refractivity contribution in [2.45, 2.75) is 26.7 Å². The van der Waals surface area contributed by atoms with Crippen LogP contribution in [0.25, 0.3) is 0 Å². The summed E-state index contributed by atoms with van der Waals surface area (Å²) >= 11 is 0. The van der Waals surface area contributed by atoms with Crippen molar-refractivity contribution in [2.24, 2.45) is 23.2 Å². The van der Waals surface area contributed by atoms with Crippen LogP contribution in [-0.4, -0.2) is 5.97 Å². The first kappa shape index (κ1) is 9.69. The van der Waals surface area contributed by atoms with Crippen molar-refractivity contribution in [3.05, 3.63) is 35.1 Å². The second-order valence-electron chi connectivity index (χ2n) is 6.15. The van der Waals surface area contributed by atoms with Gasteiger partial charge in [-0.05, 0) is 49.0 Å². The highest BCUT2D eigenvalue weighted by Gasteiger charge is 2.63. The van der Waals surface area contributed by atoms with E-state index in [0.29, 0.717) is 5.92 Å². The van der Waals surface area contributed by atoms with Gasteiger partial charge in [0.15, 0.2) is 0 Å². The molecule has 0 aromatic heterocycles. The molecule has 0 N–H and O–H groups in total. The third-order valence-electron chi connectivity index (χ3n) is 5.37. The monoisotopic (exact) mass is 228 g/mol. The smallest absolute Gasteiger partial charge is 0.339 e. The normalized spacial score (nSPS) is 46.2. The van der Waals surface area contributed by atoms with E-state index in [0.717, 1.165) is 35.2 Å². The Bertz CT molecular complexity index is 537. The summed E-state index contributed by atoms with van der Waals surface area (Å²) in [4.78, 5) is 11.6. The van der Waals surface area contributed by atoms with Crippen molar-refractivity contribution in [1.82, 2.24) is 0 Å². The predicted octanol–water partition coefficient (Wildman–Crippen LogP) is 2.98. The lowest BCUT2D eigenvalue weighted by Gasteiger charge is -2.36. The van der Waals surface area contributed by atoms with Gasteiger partial charge in [-0.15, -0.1) is 0 Å². The molecule has 0 spiro atoms. The van der Waals surface area contributed by atoms with Crippen molar-refractivity contribution >= 4 is 5.97 Å². The molecule has 0 saturated heterocycles. The molecule has 17 heavy (non-hydrogen) atoms. The first-order valence-corrected chi connectivity index (χ1v) is 6.36. The lowest BCUT2D eigenvalue weighted by atomic mass is 9.67. The molecule has 4 unspecified atom stereocenters. The van der Waals surface area contributed by atoms with Gasteiger partial charge < -0.3 is 4.74 Å². The second kappa shape index (κ2) is 2.58. The number of hydrogen-bond donors (Lipinski definition) is 0. The van der Waals surface area contributed by atoms with Crippen LogP contribution in [-0.2, 0) is 9.53 Å².